The normalized spacial score (nSPS) is 21.3. The molecule has 0 bridgehead atoms. The summed E-state index contributed by atoms with van der Waals surface area (Å²) in [5.74, 6) is -0.460. The topological polar surface area (TPSA) is 75.4 Å². The fraction of sp³-hybridized carbons (Fsp3) is 0.522. The zero-order chi connectivity index (χ0) is 21.3. The van der Waals surface area contributed by atoms with Crippen molar-refractivity contribution in [2.24, 2.45) is 11.8 Å². The molecule has 2 heterocycles. The number of nitrogens with zero attached hydrogens (tertiary/aromatic N) is 3. The van der Waals surface area contributed by atoms with Gasteiger partial charge in [-0.15, -0.1) is 0 Å². The van der Waals surface area contributed by atoms with Gasteiger partial charge in [-0.1, -0.05) is 23.7 Å². The second-order valence-corrected chi connectivity index (χ2v) is 9.06. The van der Waals surface area contributed by atoms with E-state index in [-0.39, 0.29) is 11.8 Å². The minimum absolute atomic E-state index is 0.177. The highest BCUT2D eigenvalue weighted by atomic mass is 35.5. The number of fused-ring (bicyclic) bond motifs is 1. The van der Waals surface area contributed by atoms with Crippen molar-refractivity contribution in [3.8, 4) is 0 Å². The number of carbonyl (C=O) groups is 2. The molecule has 1 aliphatic carbocycles. The Morgan fingerprint density at radius 2 is 1.87 bits per heavy atom. The predicted molar refractivity (Wildman–Crippen MR) is 114 cm³/mol. The van der Waals surface area contributed by atoms with Gasteiger partial charge in [0.15, 0.2) is 0 Å². The van der Waals surface area contributed by atoms with E-state index in [0.717, 1.165) is 42.8 Å². The van der Waals surface area contributed by atoms with E-state index in [2.05, 4.69) is 0 Å². The molecule has 0 spiro atoms. The number of halogens is 1. The third kappa shape index (κ3) is 4.53. The molecule has 1 aliphatic heterocycles. The van der Waals surface area contributed by atoms with Crippen LogP contribution in [0.3, 0.4) is 0 Å². The van der Waals surface area contributed by atoms with E-state index >= 15 is 0 Å². The average molecular weight is 430 g/mol. The number of amides is 1. The van der Waals surface area contributed by atoms with Crippen LogP contribution in [-0.2, 0) is 29.1 Å². The van der Waals surface area contributed by atoms with Crippen molar-refractivity contribution in [2.75, 3.05) is 6.54 Å². The molecule has 4 rings (SSSR count). The number of hydrogen-bond donors (Lipinski definition) is 1. The highest BCUT2D eigenvalue weighted by molar-refractivity contribution is 6.30. The van der Waals surface area contributed by atoms with E-state index in [9.17, 15) is 9.59 Å². The van der Waals surface area contributed by atoms with Gasteiger partial charge in [-0.05, 0) is 68.2 Å². The third-order valence-electron chi connectivity index (χ3n) is 6.60. The van der Waals surface area contributed by atoms with Gasteiger partial charge in [-0.25, -0.2) is 0 Å². The lowest BCUT2D eigenvalue weighted by Gasteiger charge is -2.31. The van der Waals surface area contributed by atoms with Gasteiger partial charge in [0, 0.05) is 18.0 Å². The van der Waals surface area contributed by atoms with Gasteiger partial charge < -0.3 is 10.0 Å². The Morgan fingerprint density at radius 3 is 2.53 bits per heavy atom. The number of aromatic nitrogens is 2. The van der Waals surface area contributed by atoms with Crippen molar-refractivity contribution in [3.63, 3.8) is 0 Å². The molecular weight excluding hydrogens is 402 g/mol. The maximum absolute atomic E-state index is 13.0. The quantitative estimate of drug-likeness (QED) is 0.777. The summed E-state index contributed by atoms with van der Waals surface area (Å²) in [5.41, 5.74) is 4.55. The standard InChI is InChI=1S/C23H28ClN3O3/c1-15-20-10-11-26(22(28)12-16-2-6-18(7-3-16)23(29)30)14-21(20)27(25-15)13-17-4-8-19(24)9-5-17/h4-5,8-9,16,18H,2-3,6-7,10-14H2,1H3,(H,29,30)/t16-,18-. The number of aryl methyl sites for hydroxylation is 1. The Labute approximate surface area is 181 Å². The Kier molecular flexibility index (Phi) is 6.14. The molecule has 0 atom stereocenters. The smallest absolute Gasteiger partial charge is 0.306 e. The lowest BCUT2D eigenvalue weighted by atomic mass is 9.80. The first kappa shape index (κ1) is 20.9. The van der Waals surface area contributed by atoms with E-state index in [1.807, 2.05) is 40.8 Å². The number of rotatable bonds is 5. The summed E-state index contributed by atoms with van der Waals surface area (Å²) in [4.78, 5) is 26.1. The van der Waals surface area contributed by atoms with Crippen molar-refractivity contribution in [2.45, 2.75) is 58.5 Å². The molecule has 1 aromatic carbocycles. The number of carbonyl (C=O) groups excluding carboxylic acids is 1. The first-order chi connectivity index (χ1) is 14.4. The Hall–Kier alpha value is -2.34. The van der Waals surface area contributed by atoms with Gasteiger partial charge in [-0.3, -0.25) is 14.3 Å². The molecule has 2 aliphatic rings. The van der Waals surface area contributed by atoms with Gasteiger partial charge in [0.1, 0.15) is 0 Å². The van der Waals surface area contributed by atoms with Gasteiger partial charge in [-0.2, -0.15) is 5.10 Å². The molecular formula is C23H28ClN3O3. The lowest BCUT2D eigenvalue weighted by Crippen LogP contribution is -2.38. The van der Waals surface area contributed by atoms with Crippen LogP contribution in [0, 0.1) is 18.8 Å². The molecule has 7 heteroatoms. The minimum Gasteiger partial charge on any atom is -0.481 e. The van der Waals surface area contributed by atoms with Crippen LogP contribution < -0.4 is 0 Å². The largest absolute Gasteiger partial charge is 0.481 e. The second-order valence-electron chi connectivity index (χ2n) is 8.62. The number of carboxylic acids is 1. The number of carboxylic acid groups (broad SMARTS) is 1. The maximum Gasteiger partial charge on any atom is 0.306 e. The summed E-state index contributed by atoms with van der Waals surface area (Å²) < 4.78 is 2.02. The molecule has 0 radical (unpaired) electrons. The molecule has 1 saturated carbocycles. The molecule has 30 heavy (non-hydrogen) atoms. The molecule has 2 aromatic rings. The van der Waals surface area contributed by atoms with Crippen LogP contribution in [0.2, 0.25) is 5.02 Å². The van der Waals surface area contributed by atoms with Crippen molar-refractivity contribution in [1.29, 1.82) is 0 Å². The zero-order valence-electron chi connectivity index (χ0n) is 17.3. The molecule has 1 N–H and O–H groups in total. The van der Waals surface area contributed by atoms with Crippen LogP contribution in [0.15, 0.2) is 24.3 Å². The van der Waals surface area contributed by atoms with Crippen molar-refractivity contribution < 1.29 is 14.7 Å². The van der Waals surface area contributed by atoms with E-state index in [4.69, 9.17) is 21.8 Å². The van der Waals surface area contributed by atoms with Gasteiger partial charge >= 0.3 is 5.97 Å². The van der Waals surface area contributed by atoms with Crippen molar-refractivity contribution in [3.05, 3.63) is 51.8 Å². The Morgan fingerprint density at radius 1 is 1.17 bits per heavy atom. The lowest BCUT2D eigenvalue weighted by molar-refractivity contribution is -0.143. The average Bonchev–Trinajstić information content (AvgIpc) is 3.05. The second kappa shape index (κ2) is 8.80. The third-order valence-corrected chi connectivity index (χ3v) is 6.85. The summed E-state index contributed by atoms with van der Waals surface area (Å²) >= 11 is 6.00. The molecule has 0 saturated heterocycles. The maximum atomic E-state index is 13.0. The van der Waals surface area contributed by atoms with Crippen LogP contribution in [0.5, 0.6) is 0 Å². The van der Waals surface area contributed by atoms with Crippen molar-refractivity contribution >= 4 is 23.5 Å². The summed E-state index contributed by atoms with van der Waals surface area (Å²) in [7, 11) is 0. The first-order valence-electron chi connectivity index (χ1n) is 10.7. The fourth-order valence-corrected chi connectivity index (χ4v) is 4.90. The molecule has 0 unspecified atom stereocenters. The zero-order valence-corrected chi connectivity index (χ0v) is 18.1. The van der Waals surface area contributed by atoms with Crippen LogP contribution in [0.1, 0.15) is 54.6 Å². The molecule has 1 fully saturated rings. The van der Waals surface area contributed by atoms with Crippen LogP contribution in [0.4, 0.5) is 0 Å². The molecule has 6 nitrogen and oxygen atoms in total. The number of aliphatic carboxylic acids is 1. The van der Waals surface area contributed by atoms with Crippen LogP contribution in [-0.4, -0.2) is 38.2 Å². The van der Waals surface area contributed by atoms with E-state index in [0.29, 0.717) is 43.3 Å². The summed E-state index contributed by atoms with van der Waals surface area (Å²) in [5, 5.41) is 14.6. The Balaban J connectivity index is 1.41. The molecule has 1 aromatic heterocycles. The first-order valence-corrected chi connectivity index (χ1v) is 11.1. The van der Waals surface area contributed by atoms with E-state index < -0.39 is 5.97 Å². The van der Waals surface area contributed by atoms with E-state index in [1.165, 1.54) is 5.56 Å². The van der Waals surface area contributed by atoms with Crippen molar-refractivity contribution in [1.82, 2.24) is 14.7 Å². The summed E-state index contributed by atoms with van der Waals surface area (Å²) in [6.45, 7) is 4.01. The number of hydrogen-bond acceptors (Lipinski definition) is 3. The molecule has 1 amide bonds. The highest BCUT2D eigenvalue weighted by Crippen LogP contribution is 2.32. The summed E-state index contributed by atoms with van der Waals surface area (Å²) in [6, 6.07) is 7.78. The number of benzene rings is 1. The van der Waals surface area contributed by atoms with Crippen LogP contribution >= 0.6 is 11.6 Å². The summed E-state index contributed by atoms with van der Waals surface area (Å²) in [6.07, 6.45) is 4.38. The molecule has 160 valence electrons. The predicted octanol–water partition coefficient (Wildman–Crippen LogP) is 4.06. The van der Waals surface area contributed by atoms with E-state index in [1.54, 1.807) is 0 Å². The minimum atomic E-state index is -0.701. The van der Waals surface area contributed by atoms with Crippen LogP contribution in [0.25, 0.3) is 0 Å². The SMILES string of the molecule is Cc1nn(Cc2ccc(Cl)cc2)c2c1CCN(C(=O)C[C@H]1CC[C@H](C(=O)O)CC1)C2. The monoisotopic (exact) mass is 429 g/mol. The van der Waals surface area contributed by atoms with Gasteiger partial charge in [0.05, 0.1) is 30.4 Å². The van der Waals surface area contributed by atoms with Gasteiger partial charge in [0.25, 0.3) is 0 Å². The highest BCUT2D eigenvalue weighted by Gasteiger charge is 2.30. The Bertz CT molecular complexity index is 930. The fourth-order valence-electron chi connectivity index (χ4n) is 4.77. The van der Waals surface area contributed by atoms with Gasteiger partial charge in [0.2, 0.25) is 5.91 Å².